The van der Waals surface area contributed by atoms with Gasteiger partial charge in [-0.3, -0.25) is 0 Å². The zero-order valence-corrected chi connectivity index (χ0v) is 9.33. The standard InChI is InChI=1S/2FHO3S.Zn/c2*1-5(2,3)4;/h2*(H,2,3,4);/q;;+2/p-2. The van der Waals surface area contributed by atoms with Gasteiger partial charge in [-0.15, -0.1) is 7.77 Å². The molecular weight excluding hydrogens is 264 g/mol. The first-order valence-electron chi connectivity index (χ1n) is 1.31. The minimum atomic E-state index is -5.42. The Morgan fingerprint density at radius 2 is 0.818 bits per heavy atom. The van der Waals surface area contributed by atoms with Crippen LogP contribution in [0.5, 0.6) is 0 Å². The van der Waals surface area contributed by atoms with Crippen molar-refractivity contribution in [3.8, 4) is 0 Å². The molecule has 0 aromatic heterocycles. The van der Waals surface area contributed by atoms with Crippen LogP contribution < -0.4 is 0 Å². The summed E-state index contributed by atoms with van der Waals surface area (Å²) in [5, 5.41) is 0. The van der Waals surface area contributed by atoms with E-state index in [4.69, 9.17) is 25.9 Å². The van der Waals surface area contributed by atoms with E-state index >= 15 is 0 Å². The maximum absolute atomic E-state index is 10.1. The molecule has 11 heavy (non-hydrogen) atoms. The third-order valence-electron chi connectivity index (χ3n) is 0. The summed E-state index contributed by atoms with van der Waals surface area (Å²) in [7, 11) is -10.8. The smallest absolute Gasteiger partial charge is 0.722 e. The van der Waals surface area contributed by atoms with Crippen LogP contribution in [0.25, 0.3) is 0 Å². The van der Waals surface area contributed by atoms with E-state index in [-0.39, 0.29) is 19.5 Å². The second-order valence-electron chi connectivity index (χ2n) is 0.786. The molecule has 0 spiro atoms. The van der Waals surface area contributed by atoms with E-state index in [2.05, 4.69) is 0 Å². The summed E-state index contributed by atoms with van der Waals surface area (Å²) in [5.41, 5.74) is 0. The van der Waals surface area contributed by atoms with Gasteiger partial charge in [0, 0.05) is 0 Å². The number of halogens is 2. The first-order valence-corrected chi connectivity index (χ1v) is 3.93. The molecule has 0 aliphatic heterocycles. The van der Waals surface area contributed by atoms with Gasteiger partial charge in [-0.25, -0.2) is 16.8 Å². The predicted octanol–water partition coefficient (Wildman–Crippen LogP) is -1.17. The molecule has 0 aromatic rings. The summed E-state index contributed by atoms with van der Waals surface area (Å²) < 4.78 is 70.7. The molecule has 0 saturated carbocycles. The molecule has 11 heteroatoms. The molecule has 0 bridgehead atoms. The van der Waals surface area contributed by atoms with Crippen molar-refractivity contribution in [3.63, 3.8) is 0 Å². The summed E-state index contributed by atoms with van der Waals surface area (Å²) >= 11 is 0. The second kappa shape index (κ2) is 5.89. The van der Waals surface area contributed by atoms with Crippen molar-refractivity contribution in [1.82, 2.24) is 0 Å². The number of hydrogen-bond donors (Lipinski definition) is 0. The van der Waals surface area contributed by atoms with Crippen LogP contribution in [0.2, 0.25) is 0 Å². The van der Waals surface area contributed by atoms with E-state index in [0.29, 0.717) is 0 Å². The SMILES string of the molecule is O=S(=O)([O-])F.O=S(=O)([O-])F.[Zn+2]. The van der Waals surface area contributed by atoms with Gasteiger partial charge >= 0.3 is 19.5 Å². The first-order chi connectivity index (χ1) is 4.00. The quantitative estimate of drug-likeness (QED) is 0.309. The van der Waals surface area contributed by atoms with E-state index in [1.807, 2.05) is 0 Å². The van der Waals surface area contributed by atoms with Gasteiger partial charge in [-0.2, -0.15) is 0 Å². The molecular formula is F2O6S2Zn. The molecule has 0 heterocycles. The Balaban J connectivity index is -0.000000107. The predicted molar refractivity (Wildman–Crippen MR) is 21.6 cm³/mol. The van der Waals surface area contributed by atoms with Crippen molar-refractivity contribution < 1.29 is 53.2 Å². The minimum Gasteiger partial charge on any atom is -0.722 e. The molecule has 0 rings (SSSR count). The van der Waals surface area contributed by atoms with Crippen molar-refractivity contribution in [2.75, 3.05) is 0 Å². The topological polar surface area (TPSA) is 114 Å². The fourth-order valence-corrected chi connectivity index (χ4v) is 0. The summed E-state index contributed by atoms with van der Waals surface area (Å²) in [6.07, 6.45) is 0. The first kappa shape index (κ1) is 17.4. The van der Waals surface area contributed by atoms with Crippen LogP contribution in [0.3, 0.4) is 0 Å². The average molecular weight is 264 g/mol. The molecule has 0 saturated heterocycles. The van der Waals surface area contributed by atoms with Gasteiger partial charge in [0.2, 0.25) is 0 Å². The Morgan fingerprint density at radius 1 is 0.818 bits per heavy atom. The molecule has 0 unspecified atom stereocenters. The largest absolute Gasteiger partial charge is 2.00 e. The van der Waals surface area contributed by atoms with E-state index in [0.717, 1.165) is 0 Å². The summed E-state index contributed by atoms with van der Waals surface area (Å²) in [4.78, 5) is 0. The molecule has 0 aliphatic carbocycles. The van der Waals surface area contributed by atoms with Crippen LogP contribution >= 0.6 is 0 Å². The Labute approximate surface area is 74.4 Å². The van der Waals surface area contributed by atoms with Gasteiger partial charge in [0.1, 0.15) is 0 Å². The second-order valence-corrected chi connectivity index (χ2v) is 2.36. The minimum absolute atomic E-state index is 0. The van der Waals surface area contributed by atoms with E-state index in [1.165, 1.54) is 0 Å². The normalized spacial score (nSPS) is 10.5. The van der Waals surface area contributed by atoms with Crippen molar-refractivity contribution in [1.29, 1.82) is 0 Å². The molecule has 0 amide bonds. The fraction of sp³-hybridized carbons (Fsp3) is 0. The molecule has 6 nitrogen and oxygen atoms in total. The van der Waals surface area contributed by atoms with Gasteiger partial charge in [-0.1, -0.05) is 0 Å². The fourth-order valence-electron chi connectivity index (χ4n) is 0. The van der Waals surface area contributed by atoms with Crippen molar-refractivity contribution >= 4 is 21.0 Å². The molecule has 0 aliphatic rings. The van der Waals surface area contributed by atoms with Crippen molar-refractivity contribution in [2.24, 2.45) is 0 Å². The van der Waals surface area contributed by atoms with Gasteiger partial charge < -0.3 is 9.11 Å². The summed E-state index contributed by atoms with van der Waals surface area (Å²) in [6, 6.07) is 0. The molecule has 0 aromatic carbocycles. The Bertz CT molecular complexity index is 215. The maximum atomic E-state index is 10.1. The molecule has 0 atom stereocenters. The molecule has 0 radical (unpaired) electrons. The molecule has 0 fully saturated rings. The van der Waals surface area contributed by atoms with Crippen LogP contribution in [0.4, 0.5) is 7.77 Å². The monoisotopic (exact) mass is 262 g/mol. The van der Waals surface area contributed by atoms with Crippen LogP contribution in [0.1, 0.15) is 0 Å². The van der Waals surface area contributed by atoms with Crippen LogP contribution in [-0.4, -0.2) is 25.9 Å². The Kier molecular flexibility index (Phi) is 9.32. The Hall–Kier alpha value is 0.303. The van der Waals surface area contributed by atoms with Crippen molar-refractivity contribution in [3.05, 3.63) is 0 Å². The maximum Gasteiger partial charge on any atom is 2.00 e. The average Bonchev–Trinajstić information content (AvgIpc) is 1.12. The van der Waals surface area contributed by atoms with Crippen molar-refractivity contribution in [2.45, 2.75) is 0 Å². The Morgan fingerprint density at radius 3 is 0.818 bits per heavy atom. The third-order valence-corrected chi connectivity index (χ3v) is 0. The van der Waals surface area contributed by atoms with E-state index < -0.39 is 21.0 Å². The zero-order valence-electron chi connectivity index (χ0n) is 4.73. The molecule has 0 N–H and O–H groups in total. The van der Waals surface area contributed by atoms with Gasteiger partial charge in [0.15, 0.2) is 0 Å². The molecule has 64 valence electrons. The number of rotatable bonds is 0. The number of hydrogen-bond acceptors (Lipinski definition) is 6. The van der Waals surface area contributed by atoms with Crippen LogP contribution in [-0.2, 0) is 40.5 Å². The summed E-state index contributed by atoms with van der Waals surface area (Å²) in [6.45, 7) is 0. The van der Waals surface area contributed by atoms with Crippen LogP contribution in [0, 0.1) is 0 Å². The van der Waals surface area contributed by atoms with Gasteiger partial charge in [0.25, 0.3) is 21.0 Å². The van der Waals surface area contributed by atoms with Crippen LogP contribution in [0.15, 0.2) is 0 Å². The van der Waals surface area contributed by atoms with E-state index in [1.54, 1.807) is 0 Å². The van der Waals surface area contributed by atoms with Gasteiger partial charge in [-0.05, 0) is 0 Å². The van der Waals surface area contributed by atoms with Gasteiger partial charge in [0.05, 0.1) is 0 Å². The zero-order chi connectivity index (χ0) is 9.00. The van der Waals surface area contributed by atoms with E-state index in [9.17, 15) is 7.77 Å². The summed E-state index contributed by atoms with van der Waals surface area (Å²) in [5.74, 6) is 0. The third kappa shape index (κ3) is 7720.